The van der Waals surface area contributed by atoms with E-state index in [0.29, 0.717) is 5.92 Å². The lowest BCUT2D eigenvalue weighted by atomic mass is 9.80. The summed E-state index contributed by atoms with van der Waals surface area (Å²) < 4.78 is 11.3. The van der Waals surface area contributed by atoms with Gasteiger partial charge in [-0.05, 0) is 72.5 Å². The Hall–Kier alpha value is -2.62. The third-order valence-electron chi connectivity index (χ3n) is 6.14. The number of rotatable bonds is 6. The van der Waals surface area contributed by atoms with Gasteiger partial charge in [0.15, 0.2) is 0 Å². The van der Waals surface area contributed by atoms with Gasteiger partial charge in [-0.15, -0.1) is 0 Å². The average Bonchev–Trinajstić information content (AvgIpc) is 2.78. The summed E-state index contributed by atoms with van der Waals surface area (Å²) in [6, 6.07) is 23.9. The van der Waals surface area contributed by atoms with Crippen molar-refractivity contribution in [2.45, 2.75) is 18.9 Å². The van der Waals surface area contributed by atoms with Gasteiger partial charge in [0.1, 0.15) is 5.75 Å². The van der Waals surface area contributed by atoms with E-state index in [1.807, 2.05) is 19.2 Å². The van der Waals surface area contributed by atoms with Gasteiger partial charge in [-0.25, -0.2) is 0 Å². The lowest BCUT2D eigenvalue weighted by Gasteiger charge is -2.34. The van der Waals surface area contributed by atoms with Crippen molar-refractivity contribution >= 4 is 0 Å². The van der Waals surface area contributed by atoms with Crippen LogP contribution in [0.4, 0.5) is 0 Å². The fourth-order valence-corrected chi connectivity index (χ4v) is 4.66. The SMILES string of the molecule is COc1cccc(-c2ccc(-c3ccc4c(c3)CCC(CN(C)C)C4OC)cc2)c1. The lowest BCUT2D eigenvalue weighted by Crippen LogP contribution is -2.31. The first-order chi connectivity index (χ1) is 14.6. The van der Waals surface area contributed by atoms with Crippen LogP contribution in [-0.4, -0.2) is 39.8 Å². The third-order valence-corrected chi connectivity index (χ3v) is 6.14. The molecule has 156 valence electrons. The number of aryl methyl sites for hydroxylation is 1. The number of fused-ring (bicyclic) bond motifs is 1. The van der Waals surface area contributed by atoms with Crippen molar-refractivity contribution < 1.29 is 9.47 Å². The fourth-order valence-electron chi connectivity index (χ4n) is 4.66. The first kappa shape index (κ1) is 20.6. The first-order valence-corrected chi connectivity index (χ1v) is 10.6. The van der Waals surface area contributed by atoms with Crippen molar-refractivity contribution in [1.29, 1.82) is 0 Å². The molecule has 0 radical (unpaired) electrons. The molecule has 0 saturated carbocycles. The summed E-state index contributed by atoms with van der Waals surface area (Å²) in [6.07, 6.45) is 2.46. The number of nitrogens with zero attached hydrogens (tertiary/aromatic N) is 1. The number of hydrogen-bond acceptors (Lipinski definition) is 3. The first-order valence-electron chi connectivity index (χ1n) is 10.6. The second-order valence-corrected chi connectivity index (χ2v) is 8.44. The van der Waals surface area contributed by atoms with Crippen LogP contribution in [0.25, 0.3) is 22.3 Å². The van der Waals surface area contributed by atoms with Crippen LogP contribution in [0.15, 0.2) is 66.7 Å². The van der Waals surface area contributed by atoms with E-state index in [2.05, 4.69) is 73.6 Å². The molecule has 2 atom stereocenters. The van der Waals surface area contributed by atoms with E-state index in [1.165, 1.54) is 39.8 Å². The smallest absolute Gasteiger partial charge is 0.119 e. The fraction of sp³-hybridized carbons (Fsp3) is 0.333. The second kappa shape index (κ2) is 9.03. The maximum atomic E-state index is 5.92. The van der Waals surface area contributed by atoms with Crippen molar-refractivity contribution in [3.63, 3.8) is 0 Å². The summed E-state index contributed by atoms with van der Waals surface area (Å²) in [7, 11) is 7.82. The van der Waals surface area contributed by atoms with Gasteiger partial charge < -0.3 is 14.4 Å². The van der Waals surface area contributed by atoms with Crippen LogP contribution in [0.3, 0.4) is 0 Å². The average molecular weight is 402 g/mol. The molecule has 3 nitrogen and oxygen atoms in total. The molecule has 2 unspecified atom stereocenters. The molecule has 0 saturated heterocycles. The van der Waals surface area contributed by atoms with Crippen molar-refractivity contribution in [2.75, 3.05) is 34.9 Å². The predicted octanol–water partition coefficient (Wildman–Crippen LogP) is 5.84. The molecule has 1 aliphatic carbocycles. The molecule has 3 aromatic carbocycles. The Morgan fingerprint density at radius 3 is 2.13 bits per heavy atom. The molecule has 0 aliphatic heterocycles. The van der Waals surface area contributed by atoms with E-state index in [-0.39, 0.29) is 6.10 Å². The van der Waals surface area contributed by atoms with E-state index in [4.69, 9.17) is 9.47 Å². The molecular weight excluding hydrogens is 370 g/mol. The molecule has 1 aliphatic rings. The topological polar surface area (TPSA) is 21.7 Å². The summed E-state index contributed by atoms with van der Waals surface area (Å²) in [4.78, 5) is 2.26. The quantitative estimate of drug-likeness (QED) is 0.518. The van der Waals surface area contributed by atoms with Crippen LogP contribution in [0.1, 0.15) is 23.7 Å². The van der Waals surface area contributed by atoms with Gasteiger partial charge >= 0.3 is 0 Å². The molecule has 4 rings (SSSR count). The molecule has 3 aromatic rings. The lowest BCUT2D eigenvalue weighted by molar-refractivity contribution is 0.0299. The van der Waals surface area contributed by atoms with Crippen LogP contribution in [0.2, 0.25) is 0 Å². The van der Waals surface area contributed by atoms with Crippen LogP contribution in [0.5, 0.6) is 5.75 Å². The molecular formula is C27H31NO2. The zero-order valence-corrected chi connectivity index (χ0v) is 18.4. The van der Waals surface area contributed by atoms with E-state index in [0.717, 1.165) is 18.7 Å². The summed E-state index contributed by atoms with van der Waals surface area (Å²) in [5, 5.41) is 0. The maximum Gasteiger partial charge on any atom is 0.119 e. The highest BCUT2D eigenvalue weighted by Gasteiger charge is 2.30. The van der Waals surface area contributed by atoms with E-state index >= 15 is 0 Å². The Bertz CT molecular complexity index is 994. The van der Waals surface area contributed by atoms with E-state index < -0.39 is 0 Å². The standard InChI is InChI=1S/C27H31NO2/c1-28(2)18-24-13-12-23-16-22(14-15-26(23)27(24)30-4)20-10-8-19(9-11-20)21-6-5-7-25(17-21)29-3/h5-11,14-17,24,27H,12-13,18H2,1-4H3. The minimum Gasteiger partial charge on any atom is -0.497 e. The number of methoxy groups -OCH3 is 2. The van der Waals surface area contributed by atoms with Crippen LogP contribution in [-0.2, 0) is 11.2 Å². The van der Waals surface area contributed by atoms with Crippen LogP contribution < -0.4 is 4.74 Å². The number of hydrogen-bond donors (Lipinski definition) is 0. The normalized spacial score (nSPS) is 18.3. The van der Waals surface area contributed by atoms with E-state index in [9.17, 15) is 0 Å². The minimum absolute atomic E-state index is 0.181. The molecule has 0 N–H and O–H groups in total. The largest absolute Gasteiger partial charge is 0.497 e. The van der Waals surface area contributed by atoms with Crippen molar-refractivity contribution in [1.82, 2.24) is 4.90 Å². The Balaban J connectivity index is 1.58. The molecule has 0 amide bonds. The molecule has 0 bridgehead atoms. The van der Waals surface area contributed by atoms with Crippen molar-refractivity contribution in [2.24, 2.45) is 5.92 Å². The summed E-state index contributed by atoms with van der Waals surface area (Å²) in [6.45, 7) is 1.06. The van der Waals surface area contributed by atoms with Gasteiger partial charge in [0, 0.05) is 19.6 Å². The molecule has 0 spiro atoms. The van der Waals surface area contributed by atoms with E-state index in [1.54, 1.807) is 7.11 Å². The molecule has 0 heterocycles. The Morgan fingerprint density at radius 2 is 1.50 bits per heavy atom. The van der Waals surface area contributed by atoms with Gasteiger partial charge in [-0.3, -0.25) is 0 Å². The summed E-state index contributed by atoms with van der Waals surface area (Å²) in [5.74, 6) is 1.43. The Labute approximate surface area is 180 Å². The van der Waals surface area contributed by atoms with Gasteiger partial charge in [0.2, 0.25) is 0 Å². The van der Waals surface area contributed by atoms with Crippen LogP contribution in [0, 0.1) is 5.92 Å². The highest BCUT2D eigenvalue weighted by Crippen LogP contribution is 2.39. The highest BCUT2D eigenvalue weighted by atomic mass is 16.5. The van der Waals surface area contributed by atoms with Gasteiger partial charge in [0.25, 0.3) is 0 Å². The highest BCUT2D eigenvalue weighted by molar-refractivity contribution is 5.71. The third kappa shape index (κ3) is 4.28. The second-order valence-electron chi connectivity index (χ2n) is 8.44. The maximum absolute atomic E-state index is 5.92. The minimum atomic E-state index is 0.181. The molecule has 0 aromatic heterocycles. The zero-order valence-electron chi connectivity index (χ0n) is 18.4. The van der Waals surface area contributed by atoms with Gasteiger partial charge in [0.05, 0.1) is 13.2 Å². The summed E-state index contributed by atoms with van der Waals surface area (Å²) in [5.41, 5.74) is 7.65. The number of benzene rings is 3. The molecule has 30 heavy (non-hydrogen) atoms. The van der Waals surface area contributed by atoms with Gasteiger partial charge in [-0.1, -0.05) is 54.6 Å². The summed E-state index contributed by atoms with van der Waals surface area (Å²) >= 11 is 0. The molecule has 0 fully saturated rings. The number of ether oxygens (including phenoxy) is 2. The molecule has 3 heteroatoms. The monoisotopic (exact) mass is 401 g/mol. The van der Waals surface area contributed by atoms with Crippen LogP contribution >= 0.6 is 0 Å². The van der Waals surface area contributed by atoms with Crippen molar-refractivity contribution in [3.8, 4) is 28.0 Å². The predicted molar refractivity (Wildman–Crippen MR) is 124 cm³/mol. The Morgan fingerprint density at radius 1 is 0.833 bits per heavy atom. The van der Waals surface area contributed by atoms with Crippen molar-refractivity contribution in [3.05, 3.63) is 77.9 Å². The Kier molecular flexibility index (Phi) is 6.21. The zero-order chi connectivity index (χ0) is 21.1. The van der Waals surface area contributed by atoms with Gasteiger partial charge in [-0.2, -0.15) is 0 Å².